The Morgan fingerprint density at radius 1 is 1.09 bits per heavy atom. The van der Waals surface area contributed by atoms with Crippen LogP contribution >= 0.6 is 23.4 Å². The third-order valence-corrected chi connectivity index (χ3v) is 4.60. The van der Waals surface area contributed by atoms with Crippen LogP contribution in [0.5, 0.6) is 0 Å². The lowest BCUT2D eigenvalue weighted by Gasteiger charge is -2.00. The molecule has 4 nitrogen and oxygen atoms in total. The van der Waals surface area contributed by atoms with Gasteiger partial charge < -0.3 is 4.98 Å². The zero-order valence-electron chi connectivity index (χ0n) is 11.8. The first-order chi connectivity index (χ1) is 11.2. The van der Waals surface area contributed by atoms with E-state index in [0.29, 0.717) is 26.7 Å². The molecule has 2 aromatic carbocycles. The summed E-state index contributed by atoms with van der Waals surface area (Å²) in [5.41, 5.74) is 3.11. The van der Waals surface area contributed by atoms with Crippen LogP contribution in [0.15, 0.2) is 47.6 Å². The van der Waals surface area contributed by atoms with Crippen molar-refractivity contribution in [3.63, 3.8) is 0 Å². The standard InChI is InChI=1S/C16H10ClFN4S/c17-10-3-1-9(2-4-10)8-23-16-20-15-14(21-22-16)12-7-11(18)5-6-13(12)19-15/h1-7H,8H2,(H,19,20,22). The van der Waals surface area contributed by atoms with Gasteiger partial charge in [0.25, 0.3) is 0 Å². The van der Waals surface area contributed by atoms with Crippen LogP contribution in [0, 0.1) is 5.82 Å². The van der Waals surface area contributed by atoms with E-state index in [1.807, 2.05) is 24.3 Å². The maximum Gasteiger partial charge on any atom is 0.211 e. The average Bonchev–Trinajstić information content (AvgIpc) is 2.91. The van der Waals surface area contributed by atoms with Crippen LogP contribution in [0.4, 0.5) is 4.39 Å². The Hall–Kier alpha value is -2.18. The highest BCUT2D eigenvalue weighted by molar-refractivity contribution is 7.98. The van der Waals surface area contributed by atoms with Crippen LogP contribution in [-0.4, -0.2) is 20.2 Å². The number of H-pyrrole nitrogens is 1. The topological polar surface area (TPSA) is 54.5 Å². The number of hydrogen-bond donors (Lipinski definition) is 1. The molecule has 0 aliphatic carbocycles. The first-order valence-electron chi connectivity index (χ1n) is 6.88. The van der Waals surface area contributed by atoms with E-state index in [1.54, 1.807) is 6.07 Å². The number of halogens is 2. The van der Waals surface area contributed by atoms with Crippen LogP contribution in [0.1, 0.15) is 5.56 Å². The van der Waals surface area contributed by atoms with E-state index in [1.165, 1.54) is 23.9 Å². The molecule has 4 aromatic rings. The van der Waals surface area contributed by atoms with Gasteiger partial charge in [-0.2, -0.15) is 0 Å². The lowest BCUT2D eigenvalue weighted by molar-refractivity contribution is 0.630. The molecule has 0 fully saturated rings. The molecule has 0 bridgehead atoms. The third kappa shape index (κ3) is 2.87. The van der Waals surface area contributed by atoms with E-state index in [-0.39, 0.29) is 5.82 Å². The molecule has 0 unspecified atom stereocenters. The van der Waals surface area contributed by atoms with Crippen molar-refractivity contribution in [3.8, 4) is 0 Å². The van der Waals surface area contributed by atoms with Gasteiger partial charge in [-0.15, -0.1) is 10.2 Å². The normalized spacial score (nSPS) is 11.4. The summed E-state index contributed by atoms with van der Waals surface area (Å²) in [5.74, 6) is 0.417. The van der Waals surface area contributed by atoms with Crippen LogP contribution in [0.25, 0.3) is 22.1 Å². The van der Waals surface area contributed by atoms with Crippen LogP contribution in [0.2, 0.25) is 5.02 Å². The number of hydrogen-bond acceptors (Lipinski definition) is 4. The number of rotatable bonds is 3. The van der Waals surface area contributed by atoms with E-state index in [0.717, 1.165) is 16.8 Å². The smallest absolute Gasteiger partial charge is 0.211 e. The van der Waals surface area contributed by atoms with Gasteiger partial charge in [-0.25, -0.2) is 9.37 Å². The molecule has 7 heteroatoms. The van der Waals surface area contributed by atoms with Gasteiger partial charge in [0.05, 0.1) is 0 Å². The fourth-order valence-electron chi connectivity index (χ4n) is 2.32. The van der Waals surface area contributed by atoms with Gasteiger partial charge in [-0.05, 0) is 35.9 Å². The van der Waals surface area contributed by atoms with Crippen molar-refractivity contribution in [2.45, 2.75) is 10.9 Å². The van der Waals surface area contributed by atoms with Gasteiger partial charge in [0.15, 0.2) is 5.65 Å². The lowest BCUT2D eigenvalue weighted by Crippen LogP contribution is -1.92. The summed E-state index contributed by atoms with van der Waals surface area (Å²) in [4.78, 5) is 7.60. The quantitative estimate of drug-likeness (QED) is 0.552. The van der Waals surface area contributed by atoms with Crippen molar-refractivity contribution in [1.29, 1.82) is 0 Å². The van der Waals surface area contributed by atoms with Gasteiger partial charge in [-0.1, -0.05) is 35.5 Å². The molecule has 4 rings (SSSR count). The second-order valence-corrected chi connectivity index (χ2v) is 6.40. The number of benzene rings is 2. The second-order valence-electron chi connectivity index (χ2n) is 5.02. The molecule has 0 aliphatic heterocycles. The number of aromatic amines is 1. The molecule has 0 aliphatic rings. The lowest BCUT2D eigenvalue weighted by atomic mass is 10.2. The minimum absolute atomic E-state index is 0.304. The van der Waals surface area contributed by atoms with Crippen LogP contribution in [-0.2, 0) is 5.75 Å². The molecular formula is C16H10ClFN4S. The molecule has 0 spiro atoms. The van der Waals surface area contributed by atoms with E-state index < -0.39 is 0 Å². The number of thioether (sulfide) groups is 1. The van der Waals surface area contributed by atoms with Gasteiger partial charge in [0.1, 0.15) is 11.3 Å². The Morgan fingerprint density at radius 3 is 2.74 bits per heavy atom. The Kier molecular flexibility index (Phi) is 3.63. The third-order valence-electron chi connectivity index (χ3n) is 3.44. The first kappa shape index (κ1) is 14.4. The Balaban J connectivity index is 1.63. The summed E-state index contributed by atoms with van der Waals surface area (Å²) >= 11 is 7.36. The maximum atomic E-state index is 13.4. The van der Waals surface area contributed by atoms with Crippen LogP contribution in [0.3, 0.4) is 0 Å². The van der Waals surface area contributed by atoms with Crippen molar-refractivity contribution in [2.24, 2.45) is 0 Å². The van der Waals surface area contributed by atoms with Crippen molar-refractivity contribution < 1.29 is 4.39 Å². The number of nitrogens with zero attached hydrogens (tertiary/aromatic N) is 3. The van der Waals surface area contributed by atoms with Crippen LogP contribution < -0.4 is 0 Å². The highest BCUT2D eigenvalue weighted by Gasteiger charge is 2.10. The van der Waals surface area contributed by atoms with E-state index in [9.17, 15) is 4.39 Å². The molecule has 23 heavy (non-hydrogen) atoms. The van der Waals surface area contributed by atoms with E-state index in [4.69, 9.17) is 11.6 Å². The Labute approximate surface area is 140 Å². The molecule has 0 atom stereocenters. The van der Waals surface area contributed by atoms with E-state index in [2.05, 4.69) is 20.2 Å². The van der Waals surface area contributed by atoms with Gasteiger partial charge in [-0.3, -0.25) is 0 Å². The summed E-state index contributed by atoms with van der Waals surface area (Å²) in [6.07, 6.45) is 0. The predicted octanol–water partition coefficient (Wildman–Crippen LogP) is 4.59. The van der Waals surface area contributed by atoms with Crippen molar-refractivity contribution in [2.75, 3.05) is 0 Å². The first-order valence-corrected chi connectivity index (χ1v) is 8.24. The minimum Gasteiger partial charge on any atom is -0.338 e. The fraction of sp³-hybridized carbons (Fsp3) is 0.0625. The number of nitrogens with one attached hydrogen (secondary N) is 1. The van der Waals surface area contributed by atoms with Crippen molar-refractivity contribution in [1.82, 2.24) is 20.2 Å². The largest absolute Gasteiger partial charge is 0.338 e. The molecule has 0 amide bonds. The summed E-state index contributed by atoms with van der Waals surface area (Å²) in [6, 6.07) is 12.2. The molecule has 114 valence electrons. The monoisotopic (exact) mass is 344 g/mol. The number of aromatic nitrogens is 4. The molecular weight excluding hydrogens is 335 g/mol. The highest BCUT2D eigenvalue weighted by atomic mass is 35.5. The minimum atomic E-state index is -0.304. The molecule has 1 N–H and O–H groups in total. The van der Waals surface area contributed by atoms with Gasteiger partial charge >= 0.3 is 0 Å². The van der Waals surface area contributed by atoms with Crippen molar-refractivity contribution in [3.05, 3.63) is 58.9 Å². The zero-order chi connectivity index (χ0) is 15.8. The number of fused-ring (bicyclic) bond motifs is 3. The average molecular weight is 345 g/mol. The Bertz CT molecular complexity index is 1000. The van der Waals surface area contributed by atoms with Gasteiger partial charge in [0, 0.05) is 21.7 Å². The SMILES string of the molecule is Fc1ccc2[nH]c3nc(SCc4ccc(Cl)cc4)nnc3c2c1. The summed E-state index contributed by atoms with van der Waals surface area (Å²) in [5, 5.41) is 10.3. The second kappa shape index (κ2) is 5.79. The summed E-state index contributed by atoms with van der Waals surface area (Å²) < 4.78 is 13.4. The molecule has 0 radical (unpaired) electrons. The fourth-order valence-corrected chi connectivity index (χ4v) is 3.19. The van der Waals surface area contributed by atoms with E-state index >= 15 is 0 Å². The molecule has 0 saturated carbocycles. The predicted molar refractivity (Wildman–Crippen MR) is 90.2 cm³/mol. The summed E-state index contributed by atoms with van der Waals surface area (Å²) in [7, 11) is 0. The highest BCUT2D eigenvalue weighted by Crippen LogP contribution is 2.25. The van der Waals surface area contributed by atoms with Crippen molar-refractivity contribution >= 4 is 45.4 Å². The maximum absolute atomic E-state index is 13.4. The molecule has 2 heterocycles. The van der Waals surface area contributed by atoms with Gasteiger partial charge in [0.2, 0.25) is 5.16 Å². The summed E-state index contributed by atoms with van der Waals surface area (Å²) in [6.45, 7) is 0. The molecule has 0 saturated heterocycles. The zero-order valence-corrected chi connectivity index (χ0v) is 13.3. The molecule has 2 aromatic heterocycles. The Morgan fingerprint density at radius 2 is 1.91 bits per heavy atom.